The van der Waals surface area contributed by atoms with Crippen LogP contribution in [0.3, 0.4) is 0 Å². The van der Waals surface area contributed by atoms with Crippen LogP contribution in [-0.4, -0.2) is 28.3 Å². The summed E-state index contributed by atoms with van der Waals surface area (Å²) >= 11 is 18.5. The molecule has 0 aromatic heterocycles. The van der Waals surface area contributed by atoms with E-state index < -0.39 is 11.6 Å². The number of nitrogens with zero attached hydrogens (tertiary/aromatic N) is 1. The van der Waals surface area contributed by atoms with E-state index >= 15 is 0 Å². The summed E-state index contributed by atoms with van der Waals surface area (Å²) in [6.07, 6.45) is 0.131. The Kier molecular flexibility index (Phi) is 7.98. The third kappa shape index (κ3) is 6.91. The number of carbonyl (C=O) groups excluding carboxylic acids is 2. The molecule has 0 bridgehead atoms. The van der Waals surface area contributed by atoms with Gasteiger partial charge >= 0.3 is 0 Å². The van der Waals surface area contributed by atoms with Crippen molar-refractivity contribution in [3.63, 3.8) is 0 Å². The van der Waals surface area contributed by atoms with Crippen LogP contribution in [0.2, 0.25) is 15.1 Å². The predicted molar refractivity (Wildman–Crippen MR) is 120 cm³/mol. The van der Waals surface area contributed by atoms with Crippen molar-refractivity contribution in [2.45, 2.75) is 52.2 Å². The van der Waals surface area contributed by atoms with E-state index in [1.54, 1.807) is 49.4 Å². The van der Waals surface area contributed by atoms with E-state index in [1.165, 1.54) is 4.90 Å². The van der Waals surface area contributed by atoms with Crippen molar-refractivity contribution < 1.29 is 9.59 Å². The number of hydrogen-bond acceptors (Lipinski definition) is 2. The van der Waals surface area contributed by atoms with E-state index in [2.05, 4.69) is 5.32 Å². The first-order chi connectivity index (χ1) is 13.5. The minimum absolute atomic E-state index is 0.129. The average molecular weight is 456 g/mol. The van der Waals surface area contributed by atoms with Crippen LogP contribution in [0.1, 0.15) is 38.8 Å². The molecular weight excluding hydrogens is 431 g/mol. The van der Waals surface area contributed by atoms with E-state index in [4.69, 9.17) is 34.8 Å². The molecule has 0 aliphatic carbocycles. The largest absolute Gasteiger partial charge is 0.350 e. The standard InChI is InChI=1S/C22H25Cl3N2O2/c1-14(21(29)26-22(2,3)4)27(13-17-18(24)6-5-7-19(17)25)20(28)12-15-8-10-16(23)11-9-15/h5-11,14H,12-13H2,1-4H3,(H,26,29). The van der Waals surface area contributed by atoms with Gasteiger partial charge in [-0.25, -0.2) is 0 Å². The number of hydrogen-bond donors (Lipinski definition) is 1. The first-order valence-corrected chi connectivity index (χ1v) is 10.4. The van der Waals surface area contributed by atoms with Gasteiger partial charge < -0.3 is 10.2 Å². The van der Waals surface area contributed by atoms with Gasteiger partial charge in [-0.15, -0.1) is 0 Å². The molecule has 2 rings (SSSR count). The first-order valence-electron chi connectivity index (χ1n) is 9.27. The van der Waals surface area contributed by atoms with E-state index in [1.807, 2.05) is 20.8 Å². The molecule has 7 heteroatoms. The van der Waals surface area contributed by atoms with Crippen LogP contribution in [0.4, 0.5) is 0 Å². The SMILES string of the molecule is CC(C(=O)NC(C)(C)C)N(Cc1c(Cl)cccc1Cl)C(=O)Cc1ccc(Cl)cc1. The molecule has 1 atom stereocenters. The molecule has 0 heterocycles. The lowest BCUT2D eigenvalue weighted by atomic mass is 10.1. The van der Waals surface area contributed by atoms with Gasteiger partial charge in [-0.2, -0.15) is 0 Å². The van der Waals surface area contributed by atoms with Crippen LogP contribution >= 0.6 is 34.8 Å². The van der Waals surface area contributed by atoms with Gasteiger partial charge in [-0.1, -0.05) is 53.0 Å². The van der Waals surface area contributed by atoms with E-state index in [-0.39, 0.29) is 24.8 Å². The highest BCUT2D eigenvalue weighted by Gasteiger charge is 2.29. The second-order valence-electron chi connectivity index (χ2n) is 7.94. The number of nitrogens with one attached hydrogen (secondary N) is 1. The Morgan fingerprint density at radius 1 is 1.00 bits per heavy atom. The lowest BCUT2D eigenvalue weighted by Crippen LogP contribution is -2.52. The van der Waals surface area contributed by atoms with Crippen LogP contribution in [0, 0.1) is 0 Å². The summed E-state index contributed by atoms with van der Waals surface area (Å²) in [5.74, 6) is -0.454. The Morgan fingerprint density at radius 2 is 1.55 bits per heavy atom. The van der Waals surface area contributed by atoms with Crippen molar-refractivity contribution in [1.29, 1.82) is 0 Å². The third-order valence-corrected chi connectivity index (χ3v) is 5.28. The Hall–Kier alpha value is -1.75. The molecule has 0 radical (unpaired) electrons. The fourth-order valence-electron chi connectivity index (χ4n) is 2.79. The summed E-state index contributed by atoms with van der Waals surface area (Å²) in [5.41, 5.74) is 0.993. The minimum atomic E-state index is -0.707. The zero-order chi connectivity index (χ0) is 21.8. The maximum atomic E-state index is 13.2. The van der Waals surface area contributed by atoms with Crippen molar-refractivity contribution in [3.8, 4) is 0 Å². The summed E-state index contributed by atoms with van der Waals surface area (Å²) in [5, 5.41) is 4.42. The van der Waals surface area contributed by atoms with Crippen LogP contribution < -0.4 is 5.32 Å². The molecule has 0 saturated carbocycles. The molecule has 1 unspecified atom stereocenters. The molecule has 0 saturated heterocycles. The van der Waals surface area contributed by atoms with Gasteiger partial charge in [0.25, 0.3) is 0 Å². The van der Waals surface area contributed by atoms with Crippen LogP contribution in [0.15, 0.2) is 42.5 Å². The van der Waals surface area contributed by atoms with Crippen LogP contribution in [0.5, 0.6) is 0 Å². The highest BCUT2D eigenvalue weighted by Crippen LogP contribution is 2.27. The van der Waals surface area contributed by atoms with Crippen LogP contribution in [-0.2, 0) is 22.6 Å². The molecule has 29 heavy (non-hydrogen) atoms. The smallest absolute Gasteiger partial charge is 0.242 e. The number of benzene rings is 2. The lowest BCUT2D eigenvalue weighted by Gasteiger charge is -2.32. The third-order valence-electron chi connectivity index (χ3n) is 4.32. The quantitative estimate of drug-likeness (QED) is 0.623. The number of amides is 2. The summed E-state index contributed by atoms with van der Waals surface area (Å²) in [6, 6.07) is 11.5. The molecule has 0 aliphatic rings. The Labute approximate surface area is 187 Å². The number of rotatable bonds is 6. The van der Waals surface area contributed by atoms with Crippen LogP contribution in [0.25, 0.3) is 0 Å². The second-order valence-corrected chi connectivity index (χ2v) is 9.19. The van der Waals surface area contributed by atoms with Gasteiger partial charge in [0.1, 0.15) is 6.04 Å². The normalized spacial score (nSPS) is 12.4. The topological polar surface area (TPSA) is 49.4 Å². The predicted octanol–water partition coefficient (Wildman–Crippen LogP) is 5.52. The molecule has 0 aliphatic heterocycles. The van der Waals surface area contributed by atoms with Crippen molar-refractivity contribution in [2.24, 2.45) is 0 Å². The van der Waals surface area contributed by atoms with Crippen molar-refractivity contribution in [2.75, 3.05) is 0 Å². The maximum Gasteiger partial charge on any atom is 0.242 e. The molecule has 1 N–H and O–H groups in total. The van der Waals surface area contributed by atoms with Gasteiger partial charge in [0.2, 0.25) is 11.8 Å². The summed E-state index contributed by atoms with van der Waals surface area (Å²) < 4.78 is 0. The van der Waals surface area contributed by atoms with Crippen molar-refractivity contribution in [3.05, 3.63) is 68.7 Å². The molecule has 4 nitrogen and oxygen atoms in total. The van der Waals surface area contributed by atoms with Crippen molar-refractivity contribution in [1.82, 2.24) is 10.2 Å². The minimum Gasteiger partial charge on any atom is -0.350 e. The summed E-state index contributed by atoms with van der Waals surface area (Å²) in [6.45, 7) is 7.50. The molecule has 2 amide bonds. The highest BCUT2D eigenvalue weighted by molar-refractivity contribution is 6.36. The molecule has 2 aromatic rings. The van der Waals surface area contributed by atoms with Gasteiger partial charge in [-0.05, 0) is 57.5 Å². The van der Waals surface area contributed by atoms with Gasteiger partial charge in [0.15, 0.2) is 0 Å². The molecule has 0 spiro atoms. The fourth-order valence-corrected chi connectivity index (χ4v) is 3.43. The van der Waals surface area contributed by atoms with Gasteiger partial charge in [0, 0.05) is 32.7 Å². The Balaban J connectivity index is 2.32. The number of halogens is 3. The zero-order valence-corrected chi connectivity index (χ0v) is 19.2. The molecule has 0 fully saturated rings. The molecule has 156 valence electrons. The Bertz CT molecular complexity index is 856. The van der Waals surface area contributed by atoms with E-state index in [0.29, 0.717) is 20.6 Å². The lowest BCUT2D eigenvalue weighted by molar-refractivity contribution is -0.140. The zero-order valence-electron chi connectivity index (χ0n) is 16.9. The maximum absolute atomic E-state index is 13.2. The van der Waals surface area contributed by atoms with E-state index in [9.17, 15) is 9.59 Å². The fraction of sp³-hybridized carbons (Fsp3) is 0.364. The highest BCUT2D eigenvalue weighted by atomic mass is 35.5. The first kappa shape index (κ1) is 23.5. The second kappa shape index (κ2) is 9.84. The van der Waals surface area contributed by atoms with Crippen molar-refractivity contribution >= 4 is 46.6 Å². The van der Waals surface area contributed by atoms with E-state index in [0.717, 1.165) is 5.56 Å². The molecule has 2 aromatic carbocycles. The average Bonchev–Trinajstić information content (AvgIpc) is 2.61. The monoisotopic (exact) mass is 454 g/mol. The molecular formula is C22H25Cl3N2O2. The van der Waals surface area contributed by atoms with Gasteiger partial charge in [0.05, 0.1) is 6.42 Å². The summed E-state index contributed by atoms with van der Waals surface area (Å²) in [4.78, 5) is 27.4. The Morgan fingerprint density at radius 3 is 2.07 bits per heavy atom. The number of carbonyl (C=O) groups is 2. The van der Waals surface area contributed by atoms with Gasteiger partial charge in [-0.3, -0.25) is 9.59 Å². The summed E-state index contributed by atoms with van der Waals surface area (Å²) in [7, 11) is 0.